The van der Waals surface area contributed by atoms with Crippen LogP contribution in [0.1, 0.15) is 52.0 Å². The third-order valence-electron chi connectivity index (χ3n) is 5.23. The summed E-state index contributed by atoms with van der Waals surface area (Å²) >= 11 is 0. The van der Waals surface area contributed by atoms with Gasteiger partial charge in [0, 0.05) is 24.8 Å². The summed E-state index contributed by atoms with van der Waals surface area (Å²) in [5.41, 5.74) is 3.20. The molecule has 0 aliphatic heterocycles. The van der Waals surface area contributed by atoms with Crippen molar-refractivity contribution in [3.63, 3.8) is 0 Å². The van der Waals surface area contributed by atoms with E-state index in [-0.39, 0.29) is 18.4 Å². The van der Waals surface area contributed by atoms with Crippen molar-refractivity contribution in [1.82, 2.24) is 5.32 Å². The van der Waals surface area contributed by atoms with Gasteiger partial charge in [0.1, 0.15) is 5.75 Å². The number of nitrogens with zero attached hydrogens (tertiary/aromatic N) is 1. The minimum Gasteiger partial charge on any atom is -0.493 e. The Morgan fingerprint density at radius 3 is 2.50 bits per heavy atom. The lowest BCUT2D eigenvalue weighted by Gasteiger charge is -2.19. The lowest BCUT2D eigenvalue weighted by Crippen LogP contribution is -2.37. The van der Waals surface area contributed by atoms with Crippen LogP contribution in [0.3, 0.4) is 0 Å². The quantitative estimate of drug-likeness (QED) is 0.216. The number of unbranched alkanes of at least 4 members (excludes halogenated alkanes) is 2. The number of anilines is 1. The third kappa shape index (κ3) is 7.83. The summed E-state index contributed by atoms with van der Waals surface area (Å²) in [5, 5.41) is 12.3. The molecule has 7 nitrogen and oxygen atoms in total. The molecular weight excluding hydrogens is 432 g/mol. The smallest absolute Gasteiger partial charge is 0.371 e. The molecule has 0 heterocycles. The molecule has 0 saturated carbocycles. The fraction of sp³-hybridized carbons (Fsp3) is 0.407. The van der Waals surface area contributed by atoms with Gasteiger partial charge < -0.3 is 19.9 Å². The van der Waals surface area contributed by atoms with Crippen molar-refractivity contribution < 1.29 is 24.2 Å². The zero-order chi connectivity index (χ0) is 24.9. The molecule has 184 valence electrons. The number of rotatable bonds is 13. The molecule has 0 atom stereocenters. The third-order valence-corrected chi connectivity index (χ3v) is 5.23. The van der Waals surface area contributed by atoms with E-state index in [0.29, 0.717) is 24.5 Å². The first kappa shape index (κ1) is 26.8. The number of carboxylic acids is 1. The number of aliphatic carboxylic acids is 1. The summed E-state index contributed by atoms with van der Waals surface area (Å²) in [4.78, 5) is 25.5. The number of hydrogen-bond acceptors (Lipinski definition) is 4. The minimum absolute atomic E-state index is 0.118. The number of amides is 2. The van der Waals surface area contributed by atoms with Crippen LogP contribution < -0.4 is 15.0 Å². The van der Waals surface area contributed by atoms with Crippen LogP contribution in [0, 0.1) is 0 Å². The SMILES string of the molecule is CCCCNC(=O)N(C)c1cccc(-c2ccc(C=C(OCC)C(=O)O)cc2OCCCC)c1. The Labute approximate surface area is 202 Å². The van der Waals surface area contributed by atoms with Crippen molar-refractivity contribution in [2.24, 2.45) is 0 Å². The van der Waals surface area contributed by atoms with Crippen LogP contribution in [0.5, 0.6) is 5.75 Å². The van der Waals surface area contributed by atoms with Gasteiger partial charge in [-0.25, -0.2) is 9.59 Å². The van der Waals surface area contributed by atoms with Crippen LogP contribution in [0.4, 0.5) is 10.5 Å². The lowest BCUT2D eigenvalue weighted by molar-refractivity contribution is -0.136. The molecule has 0 unspecified atom stereocenters. The van der Waals surface area contributed by atoms with Gasteiger partial charge in [-0.05, 0) is 55.2 Å². The molecule has 0 fully saturated rings. The van der Waals surface area contributed by atoms with Crippen LogP contribution >= 0.6 is 0 Å². The normalized spacial score (nSPS) is 11.1. The molecule has 7 heteroatoms. The summed E-state index contributed by atoms with van der Waals surface area (Å²) in [6, 6.07) is 13.1. The van der Waals surface area contributed by atoms with Crippen molar-refractivity contribution in [3.8, 4) is 16.9 Å². The number of carbonyl (C=O) groups is 2. The topological polar surface area (TPSA) is 88.1 Å². The first-order valence-electron chi connectivity index (χ1n) is 11.9. The first-order chi connectivity index (χ1) is 16.4. The highest BCUT2D eigenvalue weighted by molar-refractivity contribution is 5.92. The van der Waals surface area contributed by atoms with Crippen molar-refractivity contribution in [3.05, 3.63) is 53.8 Å². The number of carbonyl (C=O) groups excluding carboxylic acids is 1. The van der Waals surface area contributed by atoms with E-state index in [2.05, 4.69) is 19.2 Å². The average molecular weight is 469 g/mol. The second-order valence-corrected chi connectivity index (χ2v) is 7.90. The van der Waals surface area contributed by atoms with Crippen molar-refractivity contribution in [2.45, 2.75) is 46.5 Å². The Morgan fingerprint density at radius 2 is 1.82 bits per heavy atom. The Bertz CT molecular complexity index is 987. The van der Waals surface area contributed by atoms with Gasteiger partial charge in [0.15, 0.2) is 0 Å². The van der Waals surface area contributed by atoms with E-state index < -0.39 is 5.97 Å². The molecule has 0 radical (unpaired) electrons. The van der Waals surface area contributed by atoms with Gasteiger partial charge in [0.05, 0.1) is 13.2 Å². The van der Waals surface area contributed by atoms with Crippen LogP contribution in [0.2, 0.25) is 0 Å². The Morgan fingerprint density at radius 1 is 1.06 bits per heavy atom. The summed E-state index contributed by atoms with van der Waals surface area (Å²) in [6.07, 6.45) is 5.35. The van der Waals surface area contributed by atoms with Crippen molar-refractivity contribution in [2.75, 3.05) is 31.7 Å². The predicted molar refractivity (Wildman–Crippen MR) is 136 cm³/mol. The van der Waals surface area contributed by atoms with E-state index >= 15 is 0 Å². The second-order valence-electron chi connectivity index (χ2n) is 7.90. The van der Waals surface area contributed by atoms with Gasteiger partial charge >= 0.3 is 12.0 Å². The first-order valence-corrected chi connectivity index (χ1v) is 11.9. The Balaban J connectivity index is 2.39. The van der Waals surface area contributed by atoms with Crippen molar-refractivity contribution >= 4 is 23.8 Å². The number of nitrogens with one attached hydrogen (secondary N) is 1. The zero-order valence-electron chi connectivity index (χ0n) is 20.6. The molecule has 0 saturated heterocycles. The van der Waals surface area contributed by atoms with Crippen molar-refractivity contribution in [1.29, 1.82) is 0 Å². The lowest BCUT2D eigenvalue weighted by atomic mass is 10.0. The molecule has 2 aromatic carbocycles. The highest BCUT2D eigenvalue weighted by Gasteiger charge is 2.14. The molecule has 2 aromatic rings. The summed E-state index contributed by atoms with van der Waals surface area (Å²) in [7, 11) is 1.74. The van der Waals surface area contributed by atoms with E-state index in [0.717, 1.165) is 42.5 Å². The highest BCUT2D eigenvalue weighted by Crippen LogP contribution is 2.34. The van der Waals surface area contributed by atoms with Gasteiger partial charge in [-0.2, -0.15) is 0 Å². The molecule has 2 N–H and O–H groups in total. The molecule has 0 bridgehead atoms. The highest BCUT2D eigenvalue weighted by atomic mass is 16.5. The van der Waals surface area contributed by atoms with E-state index in [1.54, 1.807) is 18.9 Å². The standard InChI is InChI=1S/C27H36N2O5/c1-5-8-15-28-27(32)29(4)22-12-10-11-21(19-22)23-14-13-20(17-24(23)34-16-9-6-2)18-25(26(30)31)33-7-3/h10-14,17-19H,5-9,15-16H2,1-4H3,(H,28,32)(H,30,31). The fourth-order valence-corrected chi connectivity index (χ4v) is 3.28. The number of ether oxygens (including phenoxy) is 2. The average Bonchev–Trinajstić information content (AvgIpc) is 2.83. The summed E-state index contributed by atoms with van der Waals surface area (Å²) in [6.45, 7) is 7.38. The number of carboxylic acid groups (broad SMARTS) is 1. The van der Waals surface area contributed by atoms with Crippen LogP contribution in [-0.4, -0.2) is 43.9 Å². The van der Waals surface area contributed by atoms with E-state index in [4.69, 9.17) is 9.47 Å². The van der Waals surface area contributed by atoms with Crippen LogP contribution in [0.15, 0.2) is 48.2 Å². The van der Waals surface area contributed by atoms with E-state index in [9.17, 15) is 14.7 Å². The maximum Gasteiger partial charge on any atom is 0.371 e. The maximum atomic E-state index is 12.5. The molecule has 2 amide bonds. The molecule has 0 aliphatic rings. The number of hydrogen-bond donors (Lipinski definition) is 2. The predicted octanol–water partition coefficient (Wildman–Crippen LogP) is 5.94. The molecule has 0 aliphatic carbocycles. The van der Waals surface area contributed by atoms with Gasteiger partial charge in [0.2, 0.25) is 5.76 Å². The number of benzene rings is 2. The largest absolute Gasteiger partial charge is 0.493 e. The van der Waals surface area contributed by atoms with Gasteiger partial charge in [-0.1, -0.05) is 51.0 Å². The van der Waals surface area contributed by atoms with Gasteiger partial charge in [-0.15, -0.1) is 0 Å². The molecule has 2 rings (SSSR count). The summed E-state index contributed by atoms with van der Waals surface area (Å²) in [5.74, 6) is -0.588. The molecule has 34 heavy (non-hydrogen) atoms. The Kier molecular flexibility index (Phi) is 11.0. The monoisotopic (exact) mass is 468 g/mol. The zero-order valence-corrected chi connectivity index (χ0v) is 20.6. The fourth-order valence-electron chi connectivity index (χ4n) is 3.28. The minimum atomic E-state index is -1.12. The van der Waals surface area contributed by atoms with E-state index in [1.165, 1.54) is 6.08 Å². The van der Waals surface area contributed by atoms with Crippen LogP contribution in [0.25, 0.3) is 17.2 Å². The molecule has 0 aromatic heterocycles. The Hall–Kier alpha value is -3.48. The van der Waals surface area contributed by atoms with Gasteiger partial charge in [0.25, 0.3) is 0 Å². The maximum absolute atomic E-state index is 12.5. The summed E-state index contributed by atoms with van der Waals surface area (Å²) < 4.78 is 11.3. The van der Waals surface area contributed by atoms with E-state index in [1.807, 2.05) is 42.5 Å². The van der Waals surface area contributed by atoms with Crippen LogP contribution in [-0.2, 0) is 9.53 Å². The number of urea groups is 1. The second kappa shape index (κ2) is 13.9. The molecular formula is C27H36N2O5. The van der Waals surface area contributed by atoms with Gasteiger partial charge in [-0.3, -0.25) is 4.90 Å². The molecule has 0 spiro atoms.